The smallest absolute Gasteiger partial charge is 0.246 e. The Hall–Kier alpha value is -1.59. The molecule has 0 spiro atoms. The molecule has 1 aliphatic carbocycles. The summed E-state index contributed by atoms with van der Waals surface area (Å²) in [5.41, 5.74) is 1.23. The minimum Gasteiger partial charge on any atom is -0.497 e. The number of benzene rings is 1. The third kappa shape index (κ3) is 3.90. The van der Waals surface area contributed by atoms with Crippen molar-refractivity contribution in [1.29, 1.82) is 0 Å². The van der Waals surface area contributed by atoms with Gasteiger partial charge in [-0.05, 0) is 30.5 Å². The van der Waals surface area contributed by atoms with Gasteiger partial charge in [-0.15, -0.1) is 0 Å². The fraction of sp³-hybridized carbons (Fsp3) is 0.632. The molecule has 2 fully saturated rings. The van der Waals surface area contributed by atoms with E-state index in [1.165, 1.54) is 31.2 Å². The molecule has 1 aromatic carbocycles. The maximum Gasteiger partial charge on any atom is 0.246 e. The van der Waals surface area contributed by atoms with Gasteiger partial charge in [-0.3, -0.25) is 9.69 Å². The second-order valence-electron chi connectivity index (χ2n) is 6.88. The van der Waals surface area contributed by atoms with Crippen LogP contribution >= 0.6 is 0 Å². The second-order valence-corrected chi connectivity index (χ2v) is 6.88. The predicted octanol–water partition coefficient (Wildman–Crippen LogP) is 2.17. The van der Waals surface area contributed by atoms with Crippen LogP contribution in [0.5, 0.6) is 5.75 Å². The number of carbonyl (C=O) groups is 1. The Morgan fingerprint density at radius 2 is 2.04 bits per heavy atom. The van der Waals surface area contributed by atoms with Gasteiger partial charge < -0.3 is 14.8 Å². The van der Waals surface area contributed by atoms with Crippen molar-refractivity contribution >= 4 is 5.91 Å². The number of amides is 1. The zero-order valence-corrected chi connectivity index (χ0v) is 14.7. The van der Waals surface area contributed by atoms with Gasteiger partial charge in [0.2, 0.25) is 5.91 Å². The predicted molar refractivity (Wildman–Crippen MR) is 93.4 cm³/mol. The fourth-order valence-electron chi connectivity index (χ4n) is 4.14. The largest absolute Gasteiger partial charge is 0.497 e. The molecule has 1 aliphatic heterocycles. The van der Waals surface area contributed by atoms with E-state index in [9.17, 15) is 4.79 Å². The van der Waals surface area contributed by atoms with Crippen LogP contribution in [0, 0.1) is 0 Å². The van der Waals surface area contributed by atoms with Crippen LogP contribution in [0.3, 0.4) is 0 Å². The molecule has 0 unspecified atom stereocenters. The summed E-state index contributed by atoms with van der Waals surface area (Å²) in [7, 11) is 3.25. The van der Waals surface area contributed by atoms with Gasteiger partial charge in [0.1, 0.15) is 12.4 Å². The number of hydrogen-bond acceptors (Lipinski definition) is 4. The summed E-state index contributed by atoms with van der Waals surface area (Å²) in [5.74, 6) is 1.12. The van der Waals surface area contributed by atoms with E-state index in [-0.39, 0.29) is 18.6 Å². The monoisotopic (exact) mass is 332 g/mol. The maximum atomic E-state index is 12.0. The van der Waals surface area contributed by atoms with Gasteiger partial charge >= 0.3 is 0 Å². The Labute approximate surface area is 144 Å². The van der Waals surface area contributed by atoms with E-state index in [2.05, 4.69) is 22.3 Å². The summed E-state index contributed by atoms with van der Waals surface area (Å²) in [6, 6.07) is 9.02. The minimum atomic E-state index is -0.0383. The van der Waals surface area contributed by atoms with E-state index in [1.54, 1.807) is 14.2 Å². The molecule has 1 saturated carbocycles. The number of rotatable bonds is 6. The van der Waals surface area contributed by atoms with Crippen molar-refractivity contribution in [3.8, 4) is 5.75 Å². The molecule has 1 heterocycles. The maximum absolute atomic E-state index is 12.0. The summed E-state index contributed by atoms with van der Waals surface area (Å²) in [6.07, 6.45) is 5.21. The Bertz CT molecular complexity index is 557. The highest BCUT2D eigenvalue weighted by Gasteiger charge is 2.38. The summed E-state index contributed by atoms with van der Waals surface area (Å²) < 4.78 is 10.3. The third-order valence-electron chi connectivity index (χ3n) is 5.33. The van der Waals surface area contributed by atoms with E-state index in [1.807, 2.05) is 12.1 Å². The van der Waals surface area contributed by atoms with Crippen LogP contribution in [0.4, 0.5) is 0 Å². The molecule has 3 rings (SSSR count). The Morgan fingerprint density at radius 3 is 2.75 bits per heavy atom. The number of likely N-dealkylation sites (tertiary alicyclic amines) is 1. The number of carbonyl (C=O) groups excluding carboxylic acids is 1. The van der Waals surface area contributed by atoms with Crippen LogP contribution in [0.15, 0.2) is 24.3 Å². The van der Waals surface area contributed by atoms with Gasteiger partial charge in [0, 0.05) is 38.2 Å². The Morgan fingerprint density at radius 1 is 1.25 bits per heavy atom. The van der Waals surface area contributed by atoms with Gasteiger partial charge in [-0.1, -0.05) is 25.0 Å². The minimum absolute atomic E-state index is 0.0383. The molecule has 0 aromatic heterocycles. The van der Waals surface area contributed by atoms with Crippen molar-refractivity contribution in [2.75, 3.05) is 33.9 Å². The lowest BCUT2D eigenvalue weighted by Gasteiger charge is -2.23. The lowest BCUT2D eigenvalue weighted by molar-refractivity contribution is -0.125. The van der Waals surface area contributed by atoms with E-state index >= 15 is 0 Å². The van der Waals surface area contributed by atoms with Crippen molar-refractivity contribution in [2.45, 2.75) is 43.7 Å². The first kappa shape index (κ1) is 17.2. The van der Waals surface area contributed by atoms with Crippen molar-refractivity contribution in [2.24, 2.45) is 0 Å². The van der Waals surface area contributed by atoms with Gasteiger partial charge in [-0.25, -0.2) is 0 Å². The first-order valence-electron chi connectivity index (χ1n) is 8.87. The molecule has 2 aliphatic rings. The van der Waals surface area contributed by atoms with E-state index in [4.69, 9.17) is 9.47 Å². The van der Waals surface area contributed by atoms with Crippen LogP contribution in [0.25, 0.3) is 0 Å². The van der Waals surface area contributed by atoms with Crippen molar-refractivity contribution in [3.63, 3.8) is 0 Å². The summed E-state index contributed by atoms with van der Waals surface area (Å²) >= 11 is 0. The van der Waals surface area contributed by atoms with Crippen LogP contribution in [-0.2, 0) is 9.53 Å². The quantitative estimate of drug-likeness (QED) is 0.867. The average Bonchev–Trinajstić information content (AvgIpc) is 3.24. The normalized spacial score (nSPS) is 25.1. The first-order chi connectivity index (χ1) is 11.7. The number of nitrogens with one attached hydrogen (secondary N) is 1. The lowest BCUT2D eigenvalue weighted by atomic mass is 9.94. The Balaban J connectivity index is 1.77. The van der Waals surface area contributed by atoms with E-state index < -0.39 is 0 Å². The number of methoxy groups -OCH3 is 2. The number of nitrogens with zero attached hydrogens (tertiary/aromatic N) is 1. The fourth-order valence-corrected chi connectivity index (χ4v) is 4.14. The zero-order valence-electron chi connectivity index (χ0n) is 14.7. The van der Waals surface area contributed by atoms with Crippen molar-refractivity contribution in [1.82, 2.24) is 10.2 Å². The molecule has 2 atom stereocenters. The Kier molecular flexibility index (Phi) is 5.74. The van der Waals surface area contributed by atoms with Crippen LogP contribution < -0.4 is 10.1 Å². The molecule has 1 amide bonds. The molecule has 1 N–H and O–H groups in total. The first-order valence-corrected chi connectivity index (χ1v) is 8.87. The molecular formula is C19H28N2O3. The van der Waals surface area contributed by atoms with Crippen LogP contribution in [-0.4, -0.2) is 56.8 Å². The average molecular weight is 332 g/mol. The summed E-state index contributed by atoms with van der Waals surface area (Å²) in [6.45, 7) is 2.03. The highest BCUT2D eigenvalue weighted by Crippen LogP contribution is 2.34. The molecule has 5 heteroatoms. The number of hydrogen-bond donors (Lipinski definition) is 1. The van der Waals surface area contributed by atoms with Crippen molar-refractivity contribution < 1.29 is 14.3 Å². The highest BCUT2D eigenvalue weighted by molar-refractivity contribution is 5.77. The topological polar surface area (TPSA) is 50.8 Å². The van der Waals surface area contributed by atoms with Crippen molar-refractivity contribution in [3.05, 3.63) is 29.8 Å². The van der Waals surface area contributed by atoms with E-state index in [0.29, 0.717) is 12.0 Å². The van der Waals surface area contributed by atoms with Gasteiger partial charge in [0.05, 0.1) is 7.11 Å². The van der Waals surface area contributed by atoms with Gasteiger partial charge in [0.15, 0.2) is 0 Å². The van der Waals surface area contributed by atoms with E-state index in [0.717, 1.165) is 18.8 Å². The van der Waals surface area contributed by atoms with Gasteiger partial charge in [-0.2, -0.15) is 0 Å². The second kappa shape index (κ2) is 7.99. The standard InChI is InChI=1S/C19H28N2O3/c1-23-13-19(22)20-18-12-21(15-7-3-4-8-15)11-17(18)14-6-5-9-16(10-14)24-2/h5-6,9-10,15,17-18H,3-4,7-8,11-13H2,1-2H3,(H,20,22)/t17-,18+/m0/s1. The molecule has 132 valence electrons. The molecule has 1 saturated heterocycles. The van der Waals surface area contributed by atoms with Gasteiger partial charge in [0.25, 0.3) is 0 Å². The molecule has 1 aromatic rings. The zero-order chi connectivity index (χ0) is 16.9. The SMILES string of the molecule is COCC(=O)N[C@@H]1CN(C2CCCC2)C[C@H]1c1cccc(OC)c1. The lowest BCUT2D eigenvalue weighted by Crippen LogP contribution is -2.42. The molecule has 0 radical (unpaired) electrons. The van der Waals surface area contributed by atoms with Crippen LogP contribution in [0.2, 0.25) is 0 Å². The molecule has 0 bridgehead atoms. The van der Waals surface area contributed by atoms with Crippen LogP contribution in [0.1, 0.15) is 37.2 Å². The molecular weight excluding hydrogens is 304 g/mol. The summed E-state index contributed by atoms with van der Waals surface area (Å²) in [4.78, 5) is 14.6. The number of ether oxygens (including phenoxy) is 2. The third-order valence-corrected chi connectivity index (χ3v) is 5.33. The summed E-state index contributed by atoms with van der Waals surface area (Å²) in [5, 5.41) is 3.17. The molecule has 5 nitrogen and oxygen atoms in total. The highest BCUT2D eigenvalue weighted by atomic mass is 16.5. The molecule has 24 heavy (non-hydrogen) atoms.